The zero-order valence-electron chi connectivity index (χ0n) is 20.9. The van der Waals surface area contributed by atoms with E-state index in [9.17, 15) is 0 Å². The van der Waals surface area contributed by atoms with Crippen molar-refractivity contribution in [2.75, 3.05) is 0 Å². The van der Waals surface area contributed by atoms with Gasteiger partial charge in [0.05, 0.1) is 11.0 Å². The topological polar surface area (TPSA) is 9.86 Å². The minimum Gasteiger partial charge on any atom is -0.375 e. The quantitative estimate of drug-likeness (QED) is 0.211. The van der Waals surface area contributed by atoms with Crippen LogP contribution in [0.25, 0.3) is 82.7 Å². The molecular weight excluding hydrogens is 471 g/mol. The van der Waals surface area contributed by atoms with Crippen molar-refractivity contribution in [1.82, 2.24) is 9.05 Å². The summed E-state index contributed by atoms with van der Waals surface area (Å²) in [6, 6.07) is 43.2. The number of hydrogen-bond donors (Lipinski definition) is 0. The number of fused-ring (bicyclic) bond motifs is 7. The van der Waals surface area contributed by atoms with Gasteiger partial charge in [-0.05, 0) is 51.4 Å². The van der Waals surface area contributed by atoms with Gasteiger partial charge in [0.2, 0.25) is 0 Å². The molecule has 39 heavy (non-hydrogen) atoms. The van der Waals surface area contributed by atoms with Crippen molar-refractivity contribution in [3.63, 3.8) is 0 Å². The molecule has 0 spiro atoms. The highest BCUT2D eigenvalue weighted by molar-refractivity contribution is 6.91. The molecule has 5 heterocycles. The first-order chi connectivity index (χ1) is 19.4. The normalized spacial score (nSPS) is 13.6. The lowest BCUT2D eigenvalue weighted by molar-refractivity contribution is 1.17. The first-order valence-corrected chi connectivity index (χ1v) is 13.7. The van der Waals surface area contributed by atoms with Crippen LogP contribution in [0.2, 0.25) is 0 Å². The predicted octanol–water partition coefficient (Wildman–Crippen LogP) is 7.49. The Labute approximate surface area is 224 Å². The molecule has 0 amide bonds. The van der Waals surface area contributed by atoms with Crippen LogP contribution in [0.3, 0.4) is 0 Å². The summed E-state index contributed by atoms with van der Waals surface area (Å²) in [6.45, 7) is 0.185. The summed E-state index contributed by atoms with van der Waals surface area (Å²) in [4.78, 5) is 0. The third kappa shape index (κ3) is 1.96. The average molecular weight is 490 g/mol. The Morgan fingerprint density at radius 2 is 1.13 bits per heavy atom. The summed E-state index contributed by atoms with van der Waals surface area (Å²) in [6.07, 6.45) is 0. The average Bonchev–Trinajstić information content (AvgIpc) is 3.52. The Bertz CT molecular complexity index is 2440. The summed E-state index contributed by atoms with van der Waals surface area (Å²) in [5.74, 6) is 0. The van der Waals surface area contributed by atoms with Crippen LogP contribution < -0.4 is 10.9 Å². The van der Waals surface area contributed by atoms with Crippen molar-refractivity contribution in [1.29, 1.82) is 0 Å². The first-order valence-electron chi connectivity index (χ1n) is 13.7. The van der Waals surface area contributed by atoms with Gasteiger partial charge < -0.3 is 9.05 Å². The maximum Gasteiger partial charge on any atom is 0.333 e. The van der Waals surface area contributed by atoms with Gasteiger partial charge in [-0.2, -0.15) is 0 Å². The van der Waals surface area contributed by atoms with Crippen LogP contribution in [-0.2, 0) is 0 Å². The number of aromatic nitrogens is 2. The second-order valence-corrected chi connectivity index (χ2v) is 11.3. The largest absolute Gasteiger partial charge is 0.375 e. The van der Waals surface area contributed by atoms with Gasteiger partial charge in [-0.1, -0.05) is 97.1 Å². The summed E-state index contributed by atoms with van der Waals surface area (Å²) >= 11 is 0. The van der Waals surface area contributed by atoms with E-state index in [1.807, 2.05) is 0 Å². The fourth-order valence-corrected chi connectivity index (χ4v) is 8.22. The van der Waals surface area contributed by atoms with Crippen molar-refractivity contribution in [2.45, 2.75) is 0 Å². The summed E-state index contributed by atoms with van der Waals surface area (Å²) in [5, 5.41) is 5.39. The number of rotatable bonds is 1. The van der Waals surface area contributed by atoms with Crippen molar-refractivity contribution in [3.05, 3.63) is 115 Å². The molecule has 3 heteroatoms. The van der Waals surface area contributed by atoms with Gasteiger partial charge in [0, 0.05) is 49.4 Å². The summed E-state index contributed by atoms with van der Waals surface area (Å²) in [5.41, 5.74) is 17.6. The molecule has 0 radical (unpaired) electrons. The smallest absolute Gasteiger partial charge is 0.333 e. The van der Waals surface area contributed by atoms with Crippen LogP contribution in [0.5, 0.6) is 0 Å². The Hall–Kier alpha value is -5.02. The third-order valence-corrected chi connectivity index (χ3v) is 9.63. The second kappa shape index (κ2) is 6.16. The van der Waals surface area contributed by atoms with Crippen LogP contribution in [0.1, 0.15) is 0 Å². The van der Waals surface area contributed by atoms with E-state index in [1.165, 1.54) is 93.6 Å². The van der Waals surface area contributed by atoms with Gasteiger partial charge in [-0.25, -0.2) is 0 Å². The van der Waals surface area contributed by atoms with Crippen LogP contribution >= 0.6 is 0 Å². The van der Waals surface area contributed by atoms with Crippen molar-refractivity contribution < 1.29 is 0 Å². The lowest BCUT2D eigenvalue weighted by Gasteiger charge is -2.37. The van der Waals surface area contributed by atoms with Crippen molar-refractivity contribution >= 4 is 61.4 Å². The Kier molecular flexibility index (Phi) is 3.02. The van der Waals surface area contributed by atoms with Crippen molar-refractivity contribution in [3.8, 4) is 39.1 Å². The molecule has 11 rings (SSSR count). The monoisotopic (exact) mass is 490 g/mol. The van der Waals surface area contributed by atoms with E-state index in [0.29, 0.717) is 0 Å². The molecule has 3 aliphatic rings. The molecular formula is C36H19BN2. The molecule has 0 aliphatic carbocycles. The van der Waals surface area contributed by atoms with Gasteiger partial charge in [-0.3, -0.25) is 0 Å². The highest BCUT2D eigenvalue weighted by Gasteiger charge is 2.45. The molecule has 0 saturated heterocycles. The summed E-state index contributed by atoms with van der Waals surface area (Å²) < 4.78 is 5.24. The lowest BCUT2D eigenvalue weighted by atomic mass is 9.43. The molecule has 0 N–H and O–H groups in total. The third-order valence-electron chi connectivity index (χ3n) is 9.63. The lowest BCUT2D eigenvalue weighted by Crippen LogP contribution is -2.57. The van der Waals surface area contributed by atoms with Gasteiger partial charge in [0.15, 0.2) is 0 Å². The van der Waals surface area contributed by atoms with E-state index in [4.69, 9.17) is 0 Å². The van der Waals surface area contributed by atoms with Gasteiger partial charge in [0.1, 0.15) is 0 Å². The fraction of sp³-hybridized carbons (Fsp3) is 0. The maximum absolute atomic E-state index is 2.68. The Balaban J connectivity index is 1.40. The SMILES string of the molecule is c1ccc(-c2ccc3c(c2)c2ccc4c5c2n3-c2cccc3c2B5n2c5c-3cccc5c3cccc-4c32)cc1. The highest BCUT2D eigenvalue weighted by atomic mass is 15.0. The second-order valence-electron chi connectivity index (χ2n) is 11.3. The van der Waals surface area contributed by atoms with E-state index in [0.717, 1.165) is 0 Å². The van der Waals surface area contributed by atoms with Crippen LogP contribution in [0.15, 0.2) is 115 Å². The number of para-hydroxylation sites is 2. The Morgan fingerprint density at radius 1 is 0.436 bits per heavy atom. The van der Waals surface area contributed by atoms with Crippen molar-refractivity contribution in [2.24, 2.45) is 0 Å². The van der Waals surface area contributed by atoms with E-state index < -0.39 is 0 Å². The zero-order valence-corrected chi connectivity index (χ0v) is 20.9. The maximum atomic E-state index is 2.68. The van der Waals surface area contributed by atoms with Crippen LogP contribution in [0.4, 0.5) is 0 Å². The first kappa shape index (κ1) is 19.1. The molecule has 0 saturated carbocycles. The predicted molar refractivity (Wildman–Crippen MR) is 164 cm³/mol. The molecule has 176 valence electrons. The molecule has 0 fully saturated rings. The number of hydrogen-bond acceptors (Lipinski definition) is 0. The van der Waals surface area contributed by atoms with Crippen LogP contribution in [-0.4, -0.2) is 15.9 Å². The highest BCUT2D eigenvalue weighted by Crippen LogP contribution is 2.48. The van der Waals surface area contributed by atoms with E-state index >= 15 is 0 Å². The standard InChI is InChI=1S/C36H19BN2/c1-2-7-20(8-3-1)21-15-18-30-29(19-21)28-17-16-23-25-11-5-13-27-26-12-4-10-24-22-9-6-14-31-32(22)37(33(23)36(28)38(30)31)39(34(24)26)35(25)27/h1-19H. The minimum absolute atomic E-state index is 0.185. The Morgan fingerprint density at radius 3 is 1.92 bits per heavy atom. The molecule has 6 aromatic carbocycles. The number of benzene rings is 6. The van der Waals surface area contributed by atoms with E-state index in [-0.39, 0.29) is 6.85 Å². The van der Waals surface area contributed by atoms with Crippen LogP contribution in [0, 0.1) is 0 Å². The van der Waals surface area contributed by atoms with Gasteiger partial charge in [-0.15, -0.1) is 0 Å². The molecule has 2 aromatic heterocycles. The molecule has 2 nitrogen and oxygen atoms in total. The molecule has 3 aliphatic heterocycles. The zero-order chi connectivity index (χ0) is 25.0. The molecule has 0 atom stereocenters. The minimum atomic E-state index is 0.185. The van der Waals surface area contributed by atoms with E-state index in [1.54, 1.807) is 0 Å². The summed E-state index contributed by atoms with van der Waals surface area (Å²) in [7, 11) is 0. The fourth-order valence-electron chi connectivity index (χ4n) is 8.22. The number of nitrogens with zero attached hydrogens (tertiary/aromatic N) is 2. The molecule has 0 unspecified atom stereocenters. The van der Waals surface area contributed by atoms with Gasteiger partial charge >= 0.3 is 6.85 Å². The molecule has 0 bridgehead atoms. The van der Waals surface area contributed by atoms with E-state index in [2.05, 4.69) is 124 Å². The molecule has 8 aromatic rings. The van der Waals surface area contributed by atoms with Gasteiger partial charge in [0.25, 0.3) is 0 Å².